The third-order valence-electron chi connectivity index (χ3n) is 2.68. The van der Waals surface area contributed by atoms with Gasteiger partial charge in [-0.3, -0.25) is 4.79 Å². The van der Waals surface area contributed by atoms with E-state index in [-0.39, 0.29) is 17.3 Å². The molecule has 80 valence electrons. The van der Waals surface area contributed by atoms with Crippen molar-refractivity contribution in [2.75, 3.05) is 31.9 Å². The minimum Gasteiger partial charge on any atom is -0.391 e. The van der Waals surface area contributed by atoms with Crippen LogP contribution in [0.25, 0.3) is 0 Å². The second kappa shape index (κ2) is 4.51. The number of aliphatic hydroxyl groups is 1. The zero-order chi connectivity index (χ0) is 9.97. The molecule has 2 fully saturated rings. The maximum atomic E-state index is 11.9. The fourth-order valence-electron chi connectivity index (χ4n) is 1.87. The number of nitrogens with zero attached hydrogens (tertiary/aromatic N) is 1. The summed E-state index contributed by atoms with van der Waals surface area (Å²) in [4.78, 5) is 13.7. The lowest BCUT2D eigenvalue weighted by Gasteiger charge is -2.26. The molecule has 2 saturated heterocycles. The van der Waals surface area contributed by atoms with E-state index in [0.717, 1.165) is 31.8 Å². The second-order valence-corrected chi connectivity index (χ2v) is 5.10. The van der Waals surface area contributed by atoms with Crippen LogP contribution in [0.4, 0.5) is 0 Å². The van der Waals surface area contributed by atoms with Crippen LogP contribution in [-0.4, -0.2) is 59.2 Å². The lowest BCUT2D eigenvalue weighted by atomic mass is 10.3. The summed E-state index contributed by atoms with van der Waals surface area (Å²) in [5, 5.41) is 12.6. The number of amides is 1. The number of nitrogens with one attached hydrogen (secondary N) is 1. The average molecular weight is 216 g/mol. The van der Waals surface area contributed by atoms with Gasteiger partial charge in [0.25, 0.3) is 0 Å². The zero-order valence-electron chi connectivity index (χ0n) is 8.11. The van der Waals surface area contributed by atoms with E-state index in [0.29, 0.717) is 6.54 Å². The van der Waals surface area contributed by atoms with Crippen molar-refractivity contribution < 1.29 is 9.90 Å². The van der Waals surface area contributed by atoms with E-state index >= 15 is 0 Å². The highest BCUT2D eigenvalue weighted by molar-refractivity contribution is 8.00. The van der Waals surface area contributed by atoms with Crippen LogP contribution in [0.2, 0.25) is 0 Å². The molecule has 2 rings (SSSR count). The fraction of sp³-hybridized carbons (Fsp3) is 0.889. The molecular weight excluding hydrogens is 200 g/mol. The number of aliphatic hydroxyl groups excluding tert-OH is 1. The standard InChI is InChI=1S/C9H16N2O2S/c12-7-1-3-11(6-7)9(13)8-5-10-2-4-14-8/h7-8,10,12H,1-6H2. The van der Waals surface area contributed by atoms with Crippen molar-refractivity contribution in [2.24, 2.45) is 0 Å². The Morgan fingerprint density at radius 2 is 2.43 bits per heavy atom. The van der Waals surface area contributed by atoms with Gasteiger partial charge in [-0.2, -0.15) is 0 Å². The monoisotopic (exact) mass is 216 g/mol. The number of carbonyl (C=O) groups excluding carboxylic acids is 1. The quantitative estimate of drug-likeness (QED) is 0.608. The molecule has 2 atom stereocenters. The van der Waals surface area contributed by atoms with Crippen LogP contribution < -0.4 is 5.32 Å². The zero-order valence-corrected chi connectivity index (χ0v) is 8.92. The summed E-state index contributed by atoms with van der Waals surface area (Å²) in [6.07, 6.45) is 0.428. The predicted octanol–water partition coefficient (Wildman–Crippen LogP) is -0.715. The minimum absolute atomic E-state index is 0.0639. The van der Waals surface area contributed by atoms with Crippen molar-refractivity contribution in [1.29, 1.82) is 0 Å². The van der Waals surface area contributed by atoms with Crippen molar-refractivity contribution in [3.8, 4) is 0 Å². The molecular formula is C9H16N2O2S. The molecule has 0 aromatic heterocycles. The lowest BCUT2D eigenvalue weighted by Crippen LogP contribution is -2.44. The molecule has 0 aliphatic carbocycles. The Labute approximate surface area is 88.0 Å². The summed E-state index contributed by atoms with van der Waals surface area (Å²) in [5.41, 5.74) is 0. The van der Waals surface area contributed by atoms with Gasteiger partial charge in [0.05, 0.1) is 11.4 Å². The first-order valence-electron chi connectivity index (χ1n) is 5.06. The van der Waals surface area contributed by atoms with E-state index in [1.807, 2.05) is 0 Å². The molecule has 0 bridgehead atoms. The van der Waals surface area contributed by atoms with E-state index in [4.69, 9.17) is 0 Å². The van der Waals surface area contributed by atoms with Crippen molar-refractivity contribution in [3.63, 3.8) is 0 Å². The fourth-order valence-corrected chi connectivity index (χ4v) is 2.94. The van der Waals surface area contributed by atoms with Crippen LogP contribution in [0.5, 0.6) is 0 Å². The average Bonchev–Trinajstić information content (AvgIpc) is 2.65. The van der Waals surface area contributed by atoms with Crippen LogP contribution in [0.3, 0.4) is 0 Å². The van der Waals surface area contributed by atoms with Gasteiger partial charge in [0.15, 0.2) is 0 Å². The summed E-state index contributed by atoms with van der Waals surface area (Å²) < 4.78 is 0. The van der Waals surface area contributed by atoms with E-state index in [1.54, 1.807) is 16.7 Å². The van der Waals surface area contributed by atoms with Crippen LogP contribution in [0.15, 0.2) is 0 Å². The number of hydrogen-bond acceptors (Lipinski definition) is 4. The summed E-state index contributed by atoms with van der Waals surface area (Å²) in [7, 11) is 0. The first-order chi connectivity index (χ1) is 6.77. The summed E-state index contributed by atoms with van der Waals surface area (Å²) in [5.74, 6) is 1.20. The van der Waals surface area contributed by atoms with Crippen molar-refractivity contribution in [3.05, 3.63) is 0 Å². The first kappa shape index (κ1) is 10.3. The molecule has 0 aromatic carbocycles. The van der Waals surface area contributed by atoms with Crippen LogP contribution in [0.1, 0.15) is 6.42 Å². The van der Waals surface area contributed by atoms with Gasteiger partial charge in [0.1, 0.15) is 0 Å². The molecule has 2 aliphatic heterocycles. The number of thioether (sulfide) groups is 1. The molecule has 2 heterocycles. The van der Waals surface area contributed by atoms with E-state index in [2.05, 4.69) is 5.32 Å². The number of hydrogen-bond donors (Lipinski definition) is 2. The summed E-state index contributed by atoms with van der Waals surface area (Å²) in [6, 6.07) is 0. The van der Waals surface area contributed by atoms with Gasteiger partial charge in [-0.1, -0.05) is 0 Å². The van der Waals surface area contributed by atoms with Gasteiger partial charge in [0, 0.05) is 31.9 Å². The van der Waals surface area contributed by atoms with Gasteiger partial charge in [-0.25, -0.2) is 0 Å². The predicted molar refractivity (Wildman–Crippen MR) is 56.3 cm³/mol. The second-order valence-electron chi connectivity index (χ2n) is 3.79. The van der Waals surface area contributed by atoms with E-state index in [1.165, 1.54) is 0 Å². The SMILES string of the molecule is O=C(C1CNCCS1)N1CCC(O)C1. The minimum atomic E-state index is -0.305. The van der Waals surface area contributed by atoms with Crippen molar-refractivity contribution in [2.45, 2.75) is 17.8 Å². The molecule has 0 aromatic rings. The highest BCUT2D eigenvalue weighted by atomic mass is 32.2. The van der Waals surface area contributed by atoms with Gasteiger partial charge >= 0.3 is 0 Å². The van der Waals surface area contributed by atoms with Gasteiger partial charge in [0.2, 0.25) is 5.91 Å². The maximum absolute atomic E-state index is 11.9. The van der Waals surface area contributed by atoms with Crippen LogP contribution >= 0.6 is 11.8 Å². The molecule has 2 N–H and O–H groups in total. The van der Waals surface area contributed by atoms with Crippen molar-refractivity contribution in [1.82, 2.24) is 10.2 Å². The van der Waals surface area contributed by atoms with Gasteiger partial charge in [-0.15, -0.1) is 11.8 Å². The molecule has 5 heteroatoms. The molecule has 14 heavy (non-hydrogen) atoms. The molecule has 0 saturated carbocycles. The molecule has 1 amide bonds. The topological polar surface area (TPSA) is 52.6 Å². The summed E-state index contributed by atoms with van der Waals surface area (Å²) in [6.45, 7) is 3.01. The number of carbonyl (C=O) groups is 1. The van der Waals surface area contributed by atoms with Gasteiger partial charge < -0.3 is 15.3 Å². The van der Waals surface area contributed by atoms with Gasteiger partial charge in [-0.05, 0) is 6.42 Å². The highest BCUT2D eigenvalue weighted by Crippen LogP contribution is 2.19. The Balaban J connectivity index is 1.87. The Bertz CT molecular complexity index is 212. The number of β-amino-alcohol motifs (C(OH)–C–C–N with tert-alkyl or cyclic N) is 1. The molecule has 0 radical (unpaired) electrons. The highest BCUT2D eigenvalue weighted by Gasteiger charge is 2.30. The van der Waals surface area contributed by atoms with E-state index < -0.39 is 0 Å². The Morgan fingerprint density at radius 3 is 3.00 bits per heavy atom. The maximum Gasteiger partial charge on any atom is 0.237 e. The molecule has 2 aliphatic rings. The van der Waals surface area contributed by atoms with Crippen LogP contribution in [0, 0.1) is 0 Å². The normalized spacial score (nSPS) is 33.4. The largest absolute Gasteiger partial charge is 0.391 e. The smallest absolute Gasteiger partial charge is 0.237 e. The molecule has 2 unspecified atom stereocenters. The third kappa shape index (κ3) is 2.21. The third-order valence-corrected chi connectivity index (χ3v) is 3.89. The molecule has 4 nitrogen and oxygen atoms in total. The van der Waals surface area contributed by atoms with E-state index in [9.17, 15) is 9.90 Å². The Morgan fingerprint density at radius 1 is 1.57 bits per heavy atom. The van der Waals surface area contributed by atoms with Crippen molar-refractivity contribution >= 4 is 17.7 Å². The first-order valence-corrected chi connectivity index (χ1v) is 6.11. The summed E-state index contributed by atoms with van der Waals surface area (Å²) >= 11 is 1.72. The number of rotatable bonds is 1. The lowest BCUT2D eigenvalue weighted by molar-refractivity contribution is -0.129. The molecule has 0 spiro atoms. The Kier molecular flexibility index (Phi) is 3.30. The van der Waals surface area contributed by atoms with Crippen LogP contribution in [-0.2, 0) is 4.79 Å². The Hall–Kier alpha value is -0.260. The number of likely N-dealkylation sites (tertiary alicyclic amines) is 1.